The van der Waals surface area contributed by atoms with E-state index in [2.05, 4.69) is 15.0 Å². The van der Waals surface area contributed by atoms with E-state index in [1.54, 1.807) is 12.1 Å². The van der Waals surface area contributed by atoms with Crippen molar-refractivity contribution < 1.29 is 31.9 Å². The predicted octanol–water partition coefficient (Wildman–Crippen LogP) is 6.00. The van der Waals surface area contributed by atoms with E-state index in [0.717, 1.165) is 22.1 Å². The van der Waals surface area contributed by atoms with Crippen molar-refractivity contribution >= 4 is 34.3 Å². The fraction of sp³-hybridized carbons (Fsp3) is 0.200. The SMILES string of the molecule is CC(C)c1cc(N2C(=O)CN(c3cncc(C(F)(F)F)c3)C2=O)ccc1Oc1ccnc2[nH]cc(F)c12. The van der Waals surface area contributed by atoms with Gasteiger partial charge in [-0.05, 0) is 35.7 Å². The maximum atomic E-state index is 14.3. The molecule has 0 aliphatic carbocycles. The summed E-state index contributed by atoms with van der Waals surface area (Å²) in [4.78, 5) is 38.1. The molecule has 1 saturated heterocycles. The minimum Gasteiger partial charge on any atom is -0.456 e. The van der Waals surface area contributed by atoms with E-state index >= 15 is 0 Å². The van der Waals surface area contributed by atoms with Crippen LogP contribution in [-0.4, -0.2) is 33.4 Å². The van der Waals surface area contributed by atoms with Crippen molar-refractivity contribution in [1.29, 1.82) is 0 Å². The number of hydrogen-bond donors (Lipinski definition) is 1. The lowest BCUT2D eigenvalue weighted by Crippen LogP contribution is -2.33. The zero-order chi connectivity index (χ0) is 26.5. The van der Waals surface area contributed by atoms with Gasteiger partial charge in [-0.25, -0.2) is 19.1 Å². The lowest BCUT2D eigenvalue weighted by Gasteiger charge is -2.20. The monoisotopic (exact) mass is 513 g/mol. The van der Waals surface area contributed by atoms with Crippen LogP contribution < -0.4 is 14.5 Å². The number of hydrogen-bond acceptors (Lipinski definition) is 5. The number of nitrogens with zero attached hydrogens (tertiary/aromatic N) is 4. The summed E-state index contributed by atoms with van der Waals surface area (Å²) in [5, 5.41) is 0.177. The second-order valence-electron chi connectivity index (χ2n) is 8.68. The molecule has 1 aliphatic heterocycles. The second kappa shape index (κ2) is 8.87. The van der Waals surface area contributed by atoms with Gasteiger partial charge in [0.15, 0.2) is 5.82 Å². The number of pyridine rings is 2. The van der Waals surface area contributed by atoms with Gasteiger partial charge in [-0.1, -0.05) is 13.8 Å². The number of benzene rings is 1. The van der Waals surface area contributed by atoms with Gasteiger partial charge in [-0.2, -0.15) is 13.2 Å². The summed E-state index contributed by atoms with van der Waals surface area (Å²) in [6, 6.07) is 6.11. The van der Waals surface area contributed by atoms with E-state index in [0.29, 0.717) is 23.2 Å². The maximum absolute atomic E-state index is 14.3. The number of H-pyrrole nitrogens is 1. The molecule has 0 atom stereocenters. The number of fused-ring (bicyclic) bond motifs is 1. The number of ether oxygens (including phenoxy) is 1. The molecular formula is C25H19F4N5O3. The Labute approximate surface area is 207 Å². The van der Waals surface area contributed by atoms with Crippen molar-refractivity contribution in [3.63, 3.8) is 0 Å². The largest absolute Gasteiger partial charge is 0.456 e. The summed E-state index contributed by atoms with van der Waals surface area (Å²) in [6.07, 6.45) is -0.270. The first-order valence-electron chi connectivity index (χ1n) is 11.1. The molecule has 1 N–H and O–H groups in total. The topological polar surface area (TPSA) is 91.4 Å². The molecule has 5 rings (SSSR count). The number of carbonyl (C=O) groups is 2. The number of aromatic amines is 1. The highest BCUT2D eigenvalue weighted by Crippen LogP contribution is 2.38. The van der Waals surface area contributed by atoms with Crippen LogP contribution in [0.1, 0.15) is 30.9 Å². The van der Waals surface area contributed by atoms with Crippen molar-refractivity contribution in [1.82, 2.24) is 15.0 Å². The number of aromatic nitrogens is 3. The number of urea groups is 1. The van der Waals surface area contributed by atoms with Gasteiger partial charge in [0.2, 0.25) is 0 Å². The first-order chi connectivity index (χ1) is 17.5. The maximum Gasteiger partial charge on any atom is 0.417 e. The summed E-state index contributed by atoms with van der Waals surface area (Å²) in [5.41, 5.74) is -0.0131. The van der Waals surface area contributed by atoms with E-state index in [-0.39, 0.29) is 28.4 Å². The van der Waals surface area contributed by atoms with Crippen LogP contribution in [0.3, 0.4) is 0 Å². The molecule has 4 heterocycles. The molecule has 0 radical (unpaired) electrons. The Hall–Kier alpha value is -4.48. The zero-order valence-electron chi connectivity index (χ0n) is 19.5. The molecule has 0 saturated carbocycles. The van der Waals surface area contributed by atoms with Gasteiger partial charge >= 0.3 is 12.2 Å². The number of nitrogens with one attached hydrogen (secondary N) is 1. The average molecular weight is 513 g/mol. The molecule has 37 heavy (non-hydrogen) atoms. The van der Waals surface area contributed by atoms with Crippen LogP contribution >= 0.6 is 0 Å². The number of carbonyl (C=O) groups excluding carboxylic acids is 2. The van der Waals surface area contributed by atoms with Crippen molar-refractivity contribution in [2.24, 2.45) is 0 Å². The number of imide groups is 1. The summed E-state index contributed by atoms with van der Waals surface area (Å²) in [6.45, 7) is 3.30. The number of rotatable bonds is 5. The highest BCUT2D eigenvalue weighted by Gasteiger charge is 2.40. The number of anilines is 2. The molecule has 12 heteroatoms. The minimum absolute atomic E-state index is 0.125. The quantitative estimate of drug-likeness (QED) is 0.261. The Kier molecular flexibility index (Phi) is 5.81. The molecule has 1 aromatic carbocycles. The fourth-order valence-electron chi connectivity index (χ4n) is 4.10. The van der Waals surface area contributed by atoms with Crippen LogP contribution in [0.2, 0.25) is 0 Å². The van der Waals surface area contributed by atoms with Crippen LogP contribution in [-0.2, 0) is 11.0 Å². The first-order valence-corrected chi connectivity index (χ1v) is 11.1. The molecule has 3 amide bonds. The van der Waals surface area contributed by atoms with Gasteiger partial charge in [-0.15, -0.1) is 0 Å². The third kappa shape index (κ3) is 4.34. The smallest absolute Gasteiger partial charge is 0.417 e. The highest BCUT2D eigenvalue weighted by molar-refractivity contribution is 6.27. The molecule has 3 aromatic heterocycles. The average Bonchev–Trinajstić information content (AvgIpc) is 3.38. The first kappa shape index (κ1) is 24.2. The molecule has 0 spiro atoms. The molecule has 8 nitrogen and oxygen atoms in total. The van der Waals surface area contributed by atoms with Crippen LogP contribution in [0, 0.1) is 5.82 Å². The minimum atomic E-state index is -4.65. The van der Waals surface area contributed by atoms with Gasteiger partial charge in [0.05, 0.1) is 28.5 Å². The summed E-state index contributed by atoms with van der Waals surface area (Å²) >= 11 is 0. The van der Waals surface area contributed by atoms with Gasteiger partial charge in [-0.3, -0.25) is 14.7 Å². The van der Waals surface area contributed by atoms with Crippen molar-refractivity contribution in [3.8, 4) is 11.5 Å². The third-order valence-corrected chi connectivity index (χ3v) is 5.91. The third-order valence-electron chi connectivity index (χ3n) is 5.91. The Morgan fingerprint density at radius 3 is 2.57 bits per heavy atom. The van der Waals surface area contributed by atoms with Gasteiger partial charge < -0.3 is 9.72 Å². The lowest BCUT2D eigenvalue weighted by atomic mass is 10.0. The molecular weight excluding hydrogens is 494 g/mol. The van der Waals surface area contributed by atoms with Gasteiger partial charge in [0.25, 0.3) is 5.91 Å². The lowest BCUT2D eigenvalue weighted by molar-refractivity contribution is -0.137. The van der Waals surface area contributed by atoms with E-state index in [4.69, 9.17) is 4.74 Å². The Balaban J connectivity index is 1.47. The molecule has 0 unspecified atom stereocenters. The van der Waals surface area contributed by atoms with E-state index in [1.807, 2.05) is 13.8 Å². The number of alkyl halides is 3. The fourth-order valence-corrected chi connectivity index (χ4v) is 4.10. The van der Waals surface area contributed by atoms with Crippen LogP contribution in [0.4, 0.5) is 33.7 Å². The summed E-state index contributed by atoms with van der Waals surface area (Å²) < 4.78 is 59.6. The van der Waals surface area contributed by atoms with E-state index in [1.165, 1.54) is 24.5 Å². The predicted molar refractivity (Wildman–Crippen MR) is 126 cm³/mol. The molecule has 0 bridgehead atoms. The van der Waals surface area contributed by atoms with Gasteiger partial charge in [0.1, 0.15) is 23.7 Å². The Morgan fingerprint density at radius 1 is 1.05 bits per heavy atom. The second-order valence-corrected chi connectivity index (χ2v) is 8.68. The van der Waals surface area contributed by atoms with Gasteiger partial charge in [0, 0.05) is 24.7 Å². The van der Waals surface area contributed by atoms with Crippen molar-refractivity contribution in [2.45, 2.75) is 25.9 Å². The van der Waals surface area contributed by atoms with Crippen molar-refractivity contribution in [2.75, 3.05) is 16.3 Å². The molecule has 190 valence electrons. The standard InChI is InChI=1S/C25H19F4N5O3/c1-13(2)17-8-15(3-4-19(17)37-20-5-6-31-23-22(20)18(26)11-32-23)34-21(35)12-33(24(34)36)16-7-14(9-30-10-16)25(27,28)29/h3-11,13H,12H2,1-2H3,(H,31,32). The van der Waals surface area contributed by atoms with E-state index in [9.17, 15) is 27.2 Å². The normalized spacial score (nSPS) is 14.4. The van der Waals surface area contributed by atoms with Crippen LogP contribution in [0.15, 0.2) is 55.1 Å². The van der Waals surface area contributed by atoms with Crippen molar-refractivity contribution in [3.05, 3.63) is 72.1 Å². The van der Waals surface area contributed by atoms with Crippen LogP contribution in [0.5, 0.6) is 11.5 Å². The number of halogens is 4. The van der Waals surface area contributed by atoms with Crippen LogP contribution in [0.25, 0.3) is 11.0 Å². The van der Waals surface area contributed by atoms with E-state index < -0.39 is 36.0 Å². The Morgan fingerprint density at radius 2 is 1.84 bits per heavy atom. The number of amides is 3. The zero-order valence-corrected chi connectivity index (χ0v) is 19.5. The molecule has 4 aromatic rings. The summed E-state index contributed by atoms with van der Waals surface area (Å²) in [5.74, 6) is -0.658. The summed E-state index contributed by atoms with van der Waals surface area (Å²) in [7, 11) is 0. The molecule has 1 fully saturated rings. The highest BCUT2D eigenvalue weighted by atomic mass is 19.4. The Bertz CT molecular complexity index is 1530. The molecule has 1 aliphatic rings.